The summed E-state index contributed by atoms with van der Waals surface area (Å²) in [4.78, 5) is 41.0. The maximum absolute atomic E-state index is 13.9. The Bertz CT molecular complexity index is 1380. The van der Waals surface area contributed by atoms with E-state index in [-0.39, 0.29) is 17.9 Å². The van der Waals surface area contributed by atoms with Gasteiger partial charge in [-0.3, -0.25) is 14.5 Å². The van der Waals surface area contributed by atoms with Crippen LogP contribution in [0.3, 0.4) is 0 Å². The third-order valence-electron chi connectivity index (χ3n) is 5.86. The number of hydrogen-bond donors (Lipinski definition) is 1. The van der Waals surface area contributed by atoms with E-state index in [9.17, 15) is 14.4 Å². The molecule has 1 N–H and O–H groups in total. The standard InChI is InChI=1S/C27H29N5O5/c1-18(2)13-14-28-26(34)25(23-12-7-15-37-23)32(20-9-6-8-19(16-20)27(35)36-3)24(33)17-31-22-11-5-4-10-21(22)29-30-31/h4-12,15-16,18,25H,13-14,17H2,1-3H3,(H,28,34)/t25-/m0/s1. The number of carbonyl (C=O) groups excluding carboxylic acids is 3. The number of nitrogens with one attached hydrogen (secondary N) is 1. The van der Waals surface area contributed by atoms with E-state index in [1.165, 1.54) is 29.0 Å². The van der Waals surface area contributed by atoms with Gasteiger partial charge in [-0.25, -0.2) is 9.48 Å². The lowest BCUT2D eigenvalue weighted by atomic mass is 10.1. The van der Waals surface area contributed by atoms with Crippen LogP contribution >= 0.6 is 0 Å². The fourth-order valence-electron chi connectivity index (χ4n) is 3.98. The molecule has 2 amide bonds. The van der Waals surface area contributed by atoms with Crippen LogP contribution in [0.15, 0.2) is 71.3 Å². The molecule has 4 rings (SSSR count). The minimum atomic E-state index is -1.13. The number of carbonyl (C=O) groups is 3. The highest BCUT2D eigenvalue weighted by atomic mass is 16.5. The first-order valence-corrected chi connectivity index (χ1v) is 12.0. The van der Waals surface area contributed by atoms with Crippen LogP contribution in [-0.2, 0) is 20.9 Å². The molecule has 0 fully saturated rings. The summed E-state index contributed by atoms with van der Waals surface area (Å²) in [6.45, 7) is 4.37. The number of anilines is 1. The first-order valence-electron chi connectivity index (χ1n) is 12.0. The summed E-state index contributed by atoms with van der Waals surface area (Å²) in [5, 5.41) is 11.2. The van der Waals surface area contributed by atoms with E-state index in [1.807, 2.05) is 18.2 Å². The van der Waals surface area contributed by atoms with Crippen molar-refractivity contribution < 1.29 is 23.5 Å². The van der Waals surface area contributed by atoms with Gasteiger partial charge in [0.25, 0.3) is 5.91 Å². The van der Waals surface area contributed by atoms with Crippen LogP contribution in [-0.4, -0.2) is 46.4 Å². The lowest BCUT2D eigenvalue weighted by molar-refractivity contribution is -0.127. The Morgan fingerprint density at radius 2 is 1.89 bits per heavy atom. The predicted molar refractivity (Wildman–Crippen MR) is 137 cm³/mol. The van der Waals surface area contributed by atoms with Crippen LogP contribution in [0.25, 0.3) is 11.0 Å². The van der Waals surface area contributed by atoms with Gasteiger partial charge in [0, 0.05) is 12.2 Å². The van der Waals surface area contributed by atoms with Gasteiger partial charge in [0.15, 0.2) is 6.04 Å². The number of esters is 1. The number of benzene rings is 2. The van der Waals surface area contributed by atoms with E-state index in [0.717, 1.165) is 6.42 Å². The molecular formula is C27H29N5O5. The third-order valence-corrected chi connectivity index (χ3v) is 5.86. The highest BCUT2D eigenvalue weighted by Gasteiger charge is 2.35. The molecule has 2 aromatic carbocycles. The maximum atomic E-state index is 13.9. The second-order valence-corrected chi connectivity index (χ2v) is 8.93. The molecule has 2 aromatic heterocycles. The van der Waals surface area contributed by atoms with Gasteiger partial charge in [0.1, 0.15) is 17.8 Å². The quantitative estimate of drug-likeness (QED) is 0.327. The highest BCUT2D eigenvalue weighted by Crippen LogP contribution is 2.30. The molecule has 37 heavy (non-hydrogen) atoms. The molecule has 0 bridgehead atoms. The molecule has 0 spiro atoms. The summed E-state index contributed by atoms with van der Waals surface area (Å²) in [5.41, 5.74) is 1.89. The Morgan fingerprint density at radius 1 is 1.08 bits per heavy atom. The Hall–Kier alpha value is -4.47. The average molecular weight is 504 g/mol. The van der Waals surface area contributed by atoms with Crippen molar-refractivity contribution in [3.63, 3.8) is 0 Å². The summed E-state index contributed by atoms with van der Waals surface area (Å²) in [6, 6.07) is 15.8. The molecule has 0 saturated carbocycles. The van der Waals surface area contributed by atoms with Crippen LogP contribution < -0.4 is 10.2 Å². The molecule has 0 saturated heterocycles. The summed E-state index contributed by atoms with van der Waals surface area (Å²) >= 11 is 0. The number of furan rings is 1. The van der Waals surface area contributed by atoms with Crippen molar-refractivity contribution in [1.82, 2.24) is 20.3 Å². The minimum absolute atomic E-state index is 0.195. The fourth-order valence-corrected chi connectivity index (χ4v) is 3.98. The van der Waals surface area contributed by atoms with Gasteiger partial charge in [-0.1, -0.05) is 37.3 Å². The summed E-state index contributed by atoms with van der Waals surface area (Å²) < 4.78 is 12.0. The zero-order valence-electron chi connectivity index (χ0n) is 21.0. The smallest absolute Gasteiger partial charge is 0.337 e. The molecule has 10 nitrogen and oxygen atoms in total. The SMILES string of the molecule is COC(=O)c1cccc(N(C(=O)Cn2nnc3ccccc32)[C@H](C(=O)NCCC(C)C)c2ccco2)c1. The Balaban J connectivity index is 1.76. The predicted octanol–water partition coefficient (Wildman–Crippen LogP) is 3.75. The van der Waals surface area contributed by atoms with E-state index in [1.54, 1.807) is 36.4 Å². The number of aromatic nitrogens is 3. The van der Waals surface area contributed by atoms with E-state index in [4.69, 9.17) is 9.15 Å². The molecule has 0 unspecified atom stereocenters. The van der Waals surface area contributed by atoms with Crippen LogP contribution in [0.5, 0.6) is 0 Å². The number of methoxy groups -OCH3 is 1. The van der Waals surface area contributed by atoms with Crippen LogP contribution in [0.1, 0.15) is 42.4 Å². The maximum Gasteiger partial charge on any atom is 0.337 e. The van der Waals surface area contributed by atoms with E-state index >= 15 is 0 Å². The lowest BCUT2D eigenvalue weighted by Crippen LogP contribution is -2.45. The summed E-state index contributed by atoms with van der Waals surface area (Å²) in [5.74, 6) is -0.749. The summed E-state index contributed by atoms with van der Waals surface area (Å²) in [7, 11) is 1.28. The first-order chi connectivity index (χ1) is 17.9. The normalized spacial score (nSPS) is 11.9. The van der Waals surface area contributed by atoms with E-state index < -0.39 is 23.8 Å². The number of para-hydroxylation sites is 1. The highest BCUT2D eigenvalue weighted by molar-refractivity contribution is 6.02. The fraction of sp³-hybridized carbons (Fsp3) is 0.296. The minimum Gasteiger partial charge on any atom is -0.467 e. The Kier molecular flexibility index (Phi) is 7.97. The zero-order chi connectivity index (χ0) is 26.4. The third kappa shape index (κ3) is 5.85. The molecule has 4 aromatic rings. The van der Waals surface area contributed by atoms with E-state index in [2.05, 4.69) is 29.5 Å². The Labute approximate surface area is 214 Å². The van der Waals surface area contributed by atoms with Crippen molar-refractivity contribution in [1.29, 1.82) is 0 Å². The topological polar surface area (TPSA) is 120 Å². The largest absolute Gasteiger partial charge is 0.467 e. The van der Waals surface area contributed by atoms with Crippen molar-refractivity contribution in [2.24, 2.45) is 5.92 Å². The van der Waals surface area contributed by atoms with Crippen LogP contribution in [0.2, 0.25) is 0 Å². The number of hydrogen-bond acceptors (Lipinski definition) is 7. The Morgan fingerprint density at radius 3 is 2.62 bits per heavy atom. The lowest BCUT2D eigenvalue weighted by Gasteiger charge is -2.30. The van der Waals surface area contributed by atoms with Crippen molar-refractivity contribution >= 4 is 34.5 Å². The molecule has 0 aliphatic rings. The van der Waals surface area contributed by atoms with Crippen molar-refractivity contribution in [3.05, 3.63) is 78.3 Å². The number of nitrogens with zero attached hydrogens (tertiary/aromatic N) is 4. The average Bonchev–Trinajstić information content (AvgIpc) is 3.57. The van der Waals surface area contributed by atoms with Gasteiger partial charge in [-0.05, 0) is 54.8 Å². The molecule has 0 aliphatic carbocycles. The second-order valence-electron chi connectivity index (χ2n) is 8.93. The van der Waals surface area contributed by atoms with Crippen LogP contribution in [0, 0.1) is 5.92 Å². The van der Waals surface area contributed by atoms with Gasteiger partial charge in [0.05, 0.1) is 24.5 Å². The van der Waals surface area contributed by atoms with E-state index in [0.29, 0.717) is 29.2 Å². The molecule has 2 heterocycles. The molecule has 0 aliphatic heterocycles. The van der Waals surface area contributed by atoms with Crippen molar-refractivity contribution in [2.75, 3.05) is 18.6 Å². The van der Waals surface area contributed by atoms with Crippen molar-refractivity contribution in [3.8, 4) is 0 Å². The van der Waals surface area contributed by atoms with Gasteiger partial charge in [-0.2, -0.15) is 0 Å². The monoisotopic (exact) mass is 503 g/mol. The molecule has 192 valence electrons. The first kappa shape index (κ1) is 25.6. The second kappa shape index (κ2) is 11.5. The summed E-state index contributed by atoms with van der Waals surface area (Å²) in [6.07, 6.45) is 2.22. The molecule has 0 radical (unpaired) electrons. The van der Waals surface area contributed by atoms with Gasteiger partial charge in [-0.15, -0.1) is 5.10 Å². The van der Waals surface area contributed by atoms with Crippen LogP contribution in [0.4, 0.5) is 5.69 Å². The zero-order valence-corrected chi connectivity index (χ0v) is 21.0. The van der Waals surface area contributed by atoms with Gasteiger partial charge >= 0.3 is 5.97 Å². The molecule has 1 atom stereocenters. The molecule has 10 heteroatoms. The number of fused-ring (bicyclic) bond motifs is 1. The number of rotatable bonds is 10. The van der Waals surface area contributed by atoms with Gasteiger partial charge in [0.2, 0.25) is 5.91 Å². The molecular weight excluding hydrogens is 474 g/mol. The van der Waals surface area contributed by atoms with Crippen molar-refractivity contribution in [2.45, 2.75) is 32.9 Å². The number of amides is 2. The number of ether oxygens (including phenoxy) is 1. The van der Waals surface area contributed by atoms with Gasteiger partial charge < -0.3 is 14.5 Å².